The molecule has 0 heterocycles. The van der Waals surface area contributed by atoms with E-state index >= 15 is 0 Å². The highest BCUT2D eigenvalue weighted by Crippen LogP contribution is 2.30. The van der Waals surface area contributed by atoms with Gasteiger partial charge in [0, 0.05) is 27.2 Å². The number of rotatable bonds is 5. The second-order valence-corrected chi connectivity index (χ2v) is 4.83. The lowest BCUT2D eigenvalue weighted by molar-refractivity contribution is -0.384. The van der Waals surface area contributed by atoms with Gasteiger partial charge in [-0.2, -0.15) is 0 Å². The number of aliphatic hydroxyl groups is 1. The molecule has 1 rings (SSSR count). The highest BCUT2D eigenvalue weighted by atomic mass is 16.6. The molecule has 0 unspecified atom stereocenters. The van der Waals surface area contributed by atoms with Crippen LogP contribution in [0.1, 0.15) is 18.6 Å². The lowest BCUT2D eigenvalue weighted by Gasteiger charge is -2.21. The third kappa shape index (κ3) is 3.67. The van der Waals surface area contributed by atoms with Crippen LogP contribution in [0, 0.1) is 10.1 Å². The Bertz CT molecular complexity index is 514. The lowest BCUT2D eigenvalue weighted by Crippen LogP contribution is -2.34. The monoisotopic (exact) mass is 281 g/mol. The first-order valence-corrected chi connectivity index (χ1v) is 6.11. The summed E-state index contributed by atoms with van der Waals surface area (Å²) in [4.78, 5) is 25.2. The Kier molecular flexibility index (Phi) is 5.04. The van der Waals surface area contributed by atoms with Crippen LogP contribution in [0.3, 0.4) is 0 Å². The van der Waals surface area contributed by atoms with Crippen molar-refractivity contribution in [1.29, 1.82) is 0 Å². The Morgan fingerprint density at radius 3 is 2.45 bits per heavy atom. The minimum atomic E-state index is -0.781. The number of amides is 1. The molecule has 1 N–H and O–H groups in total. The fraction of sp³-hybridized carbons (Fsp3) is 0.462. The summed E-state index contributed by atoms with van der Waals surface area (Å²) in [6, 6.07) is 4.49. The van der Waals surface area contributed by atoms with Gasteiger partial charge in [-0.05, 0) is 18.6 Å². The van der Waals surface area contributed by atoms with Gasteiger partial charge in [0.2, 0.25) is 5.91 Å². The number of nitro groups is 1. The molecule has 0 radical (unpaired) electrons. The first-order chi connectivity index (χ1) is 9.23. The minimum Gasteiger partial charge on any atom is -0.389 e. The van der Waals surface area contributed by atoms with Crippen molar-refractivity contribution >= 4 is 17.3 Å². The van der Waals surface area contributed by atoms with Crippen molar-refractivity contribution in [2.45, 2.75) is 13.0 Å². The van der Waals surface area contributed by atoms with E-state index in [-0.39, 0.29) is 18.1 Å². The Labute approximate surface area is 117 Å². The second kappa shape index (κ2) is 6.33. The number of nitro benzene ring substituents is 1. The molecule has 1 aromatic carbocycles. The normalized spacial score (nSPS) is 11.8. The Balaban J connectivity index is 3.11. The number of carbonyl (C=O) groups is 1. The zero-order valence-corrected chi connectivity index (χ0v) is 12.0. The SMILES string of the molecule is C[C@H](O)c1ccc(N(C)CC(=O)N(C)C)c([N+](=O)[O-])c1. The molecule has 0 spiro atoms. The third-order valence-electron chi connectivity index (χ3n) is 2.96. The summed E-state index contributed by atoms with van der Waals surface area (Å²) in [6.45, 7) is 1.58. The maximum atomic E-state index is 11.7. The van der Waals surface area contributed by atoms with Gasteiger partial charge < -0.3 is 14.9 Å². The van der Waals surface area contributed by atoms with Gasteiger partial charge in [-0.3, -0.25) is 14.9 Å². The van der Waals surface area contributed by atoms with Gasteiger partial charge in [0.25, 0.3) is 5.69 Å². The van der Waals surface area contributed by atoms with E-state index in [1.807, 2.05) is 0 Å². The number of aliphatic hydroxyl groups excluding tert-OH is 1. The van der Waals surface area contributed by atoms with Crippen molar-refractivity contribution in [2.24, 2.45) is 0 Å². The van der Waals surface area contributed by atoms with Gasteiger partial charge in [0.15, 0.2) is 0 Å². The fourth-order valence-electron chi connectivity index (χ4n) is 1.70. The van der Waals surface area contributed by atoms with Crippen molar-refractivity contribution in [1.82, 2.24) is 4.90 Å². The molecule has 0 saturated heterocycles. The van der Waals surface area contributed by atoms with E-state index < -0.39 is 11.0 Å². The smallest absolute Gasteiger partial charge is 0.292 e. The van der Waals surface area contributed by atoms with Crippen LogP contribution in [0.15, 0.2) is 18.2 Å². The maximum absolute atomic E-state index is 11.7. The van der Waals surface area contributed by atoms with Gasteiger partial charge in [0.1, 0.15) is 5.69 Å². The first-order valence-electron chi connectivity index (χ1n) is 6.11. The van der Waals surface area contributed by atoms with Gasteiger partial charge in [0.05, 0.1) is 17.6 Å². The maximum Gasteiger partial charge on any atom is 0.292 e. The zero-order valence-electron chi connectivity index (χ0n) is 12.0. The van der Waals surface area contributed by atoms with E-state index in [2.05, 4.69) is 0 Å². The Morgan fingerprint density at radius 1 is 1.40 bits per heavy atom. The molecule has 0 aromatic heterocycles. The van der Waals surface area contributed by atoms with E-state index in [0.717, 1.165) is 0 Å². The van der Waals surface area contributed by atoms with E-state index in [9.17, 15) is 20.0 Å². The van der Waals surface area contributed by atoms with Crippen LogP contribution in [0.25, 0.3) is 0 Å². The molecule has 0 saturated carbocycles. The van der Waals surface area contributed by atoms with E-state index in [1.165, 1.54) is 22.8 Å². The Hall–Kier alpha value is -2.15. The molecule has 1 amide bonds. The van der Waals surface area contributed by atoms with Crippen LogP contribution in [0.2, 0.25) is 0 Å². The molecule has 7 heteroatoms. The number of anilines is 1. The second-order valence-electron chi connectivity index (χ2n) is 4.83. The van der Waals surface area contributed by atoms with Crippen LogP contribution in [-0.2, 0) is 4.79 Å². The average molecular weight is 281 g/mol. The van der Waals surface area contributed by atoms with Gasteiger partial charge in [-0.1, -0.05) is 6.07 Å². The van der Waals surface area contributed by atoms with Gasteiger partial charge in [-0.25, -0.2) is 0 Å². The highest BCUT2D eigenvalue weighted by molar-refractivity contribution is 5.82. The number of likely N-dealkylation sites (N-methyl/N-ethyl adjacent to an activating group) is 2. The van der Waals surface area contributed by atoms with Crippen molar-refractivity contribution in [3.05, 3.63) is 33.9 Å². The predicted octanol–water partition coefficient (Wildman–Crippen LogP) is 1.17. The lowest BCUT2D eigenvalue weighted by atomic mass is 10.1. The van der Waals surface area contributed by atoms with Crippen LogP contribution in [0.4, 0.5) is 11.4 Å². The summed E-state index contributed by atoms with van der Waals surface area (Å²) in [5.41, 5.74) is 0.680. The predicted molar refractivity (Wildman–Crippen MR) is 75.7 cm³/mol. The number of nitrogens with zero attached hydrogens (tertiary/aromatic N) is 3. The topological polar surface area (TPSA) is 86.9 Å². The van der Waals surface area contributed by atoms with Crippen LogP contribution in [-0.4, -0.2) is 48.5 Å². The summed E-state index contributed by atoms with van der Waals surface area (Å²) in [7, 11) is 4.87. The number of carbonyl (C=O) groups excluding carboxylic acids is 1. The summed E-state index contributed by atoms with van der Waals surface area (Å²) in [6.07, 6.45) is -0.781. The first kappa shape index (κ1) is 15.9. The van der Waals surface area contributed by atoms with Crippen LogP contribution >= 0.6 is 0 Å². The van der Waals surface area contributed by atoms with Crippen molar-refractivity contribution < 1.29 is 14.8 Å². The average Bonchev–Trinajstić information content (AvgIpc) is 2.37. The number of hydrogen-bond acceptors (Lipinski definition) is 5. The van der Waals surface area contributed by atoms with Gasteiger partial charge in [-0.15, -0.1) is 0 Å². The van der Waals surface area contributed by atoms with Crippen LogP contribution < -0.4 is 4.90 Å². The van der Waals surface area contributed by atoms with E-state index in [0.29, 0.717) is 11.3 Å². The molecule has 0 aliphatic heterocycles. The quantitative estimate of drug-likeness (QED) is 0.646. The molecule has 0 bridgehead atoms. The zero-order chi connectivity index (χ0) is 15.4. The molecule has 20 heavy (non-hydrogen) atoms. The minimum absolute atomic E-state index is 0.0435. The summed E-state index contributed by atoms with van der Waals surface area (Å²) in [5, 5.41) is 20.6. The van der Waals surface area contributed by atoms with Crippen molar-refractivity contribution in [2.75, 3.05) is 32.6 Å². The van der Waals surface area contributed by atoms with E-state index in [4.69, 9.17) is 0 Å². The molecule has 1 aromatic rings. The molecule has 0 aliphatic carbocycles. The molecule has 7 nitrogen and oxygen atoms in total. The summed E-state index contributed by atoms with van der Waals surface area (Å²) >= 11 is 0. The largest absolute Gasteiger partial charge is 0.389 e. The Morgan fingerprint density at radius 2 is 2.00 bits per heavy atom. The molecule has 0 aliphatic rings. The van der Waals surface area contributed by atoms with Gasteiger partial charge >= 0.3 is 0 Å². The number of benzene rings is 1. The number of hydrogen-bond donors (Lipinski definition) is 1. The molecule has 0 fully saturated rings. The van der Waals surface area contributed by atoms with Crippen molar-refractivity contribution in [3.8, 4) is 0 Å². The molecular weight excluding hydrogens is 262 g/mol. The van der Waals surface area contributed by atoms with Crippen molar-refractivity contribution in [3.63, 3.8) is 0 Å². The summed E-state index contributed by atoms with van der Waals surface area (Å²) < 4.78 is 0. The van der Waals surface area contributed by atoms with E-state index in [1.54, 1.807) is 33.3 Å². The molecule has 1 atom stereocenters. The third-order valence-corrected chi connectivity index (χ3v) is 2.96. The van der Waals surface area contributed by atoms with Crippen LogP contribution in [0.5, 0.6) is 0 Å². The fourth-order valence-corrected chi connectivity index (χ4v) is 1.70. The molecule has 110 valence electrons. The highest BCUT2D eigenvalue weighted by Gasteiger charge is 2.20. The standard InChI is InChI=1S/C13H19N3O4/c1-9(17)10-5-6-11(12(7-10)16(19)20)15(4)8-13(18)14(2)3/h5-7,9,17H,8H2,1-4H3/t9-/m0/s1. The summed E-state index contributed by atoms with van der Waals surface area (Å²) in [5.74, 6) is -0.151. The molecular formula is C13H19N3O4.